The number of carbonyl (C=O) groups excluding carboxylic acids is 1. The van der Waals surface area contributed by atoms with Crippen LogP contribution in [0.1, 0.15) is 19.9 Å². The molecule has 2 heterocycles. The lowest BCUT2D eigenvalue weighted by atomic mass is 10.2. The Morgan fingerprint density at radius 1 is 1.28 bits per heavy atom. The fourth-order valence-electron chi connectivity index (χ4n) is 2.89. The number of carbonyl (C=O) groups is 1. The second-order valence-corrected chi connectivity index (χ2v) is 9.52. The molecule has 29 heavy (non-hydrogen) atoms. The molecule has 1 fully saturated rings. The third-order valence-corrected chi connectivity index (χ3v) is 7.20. The molecule has 2 aromatic rings. The first-order valence-electron chi connectivity index (χ1n) is 9.16. The molecule has 0 saturated carbocycles. The number of benzene rings is 1. The number of ether oxygens (including phenoxy) is 1. The van der Waals surface area contributed by atoms with Gasteiger partial charge in [-0.05, 0) is 36.9 Å². The van der Waals surface area contributed by atoms with Gasteiger partial charge in [0.15, 0.2) is 5.16 Å². The number of aromatic nitrogens is 3. The van der Waals surface area contributed by atoms with E-state index in [0.29, 0.717) is 37.1 Å². The first kappa shape index (κ1) is 21.6. The summed E-state index contributed by atoms with van der Waals surface area (Å²) in [5.41, 5.74) is 6.34. The lowest BCUT2D eigenvalue weighted by Gasteiger charge is -2.26. The average Bonchev–Trinajstić information content (AvgIpc) is 3.09. The second-order valence-electron chi connectivity index (χ2n) is 6.35. The van der Waals surface area contributed by atoms with Gasteiger partial charge in [0.05, 0.1) is 18.1 Å². The molecule has 1 aliphatic heterocycles. The number of nitrogen functional groups attached to an aromatic ring is 1. The number of amides is 1. The fourth-order valence-corrected chi connectivity index (χ4v) is 5.05. The summed E-state index contributed by atoms with van der Waals surface area (Å²) in [6.45, 7) is 5.10. The second kappa shape index (κ2) is 9.11. The van der Waals surface area contributed by atoms with Crippen LogP contribution >= 0.6 is 11.8 Å². The van der Waals surface area contributed by atoms with E-state index in [1.165, 1.54) is 28.2 Å². The molecule has 158 valence electrons. The van der Waals surface area contributed by atoms with Crippen LogP contribution < -0.4 is 11.1 Å². The SMILES string of the molecule is CCSc1nnc(N)n1C(C)C(=O)Nc1ccc(S(=O)(=O)N2CCOCC2)cc1. The van der Waals surface area contributed by atoms with Crippen molar-refractivity contribution in [2.75, 3.05) is 43.1 Å². The fraction of sp³-hybridized carbons (Fsp3) is 0.471. The molecule has 0 bridgehead atoms. The minimum atomic E-state index is -3.58. The lowest BCUT2D eigenvalue weighted by Crippen LogP contribution is -2.40. The zero-order valence-electron chi connectivity index (χ0n) is 16.2. The van der Waals surface area contributed by atoms with Crippen LogP contribution in [0.15, 0.2) is 34.3 Å². The van der Waals surface area contributed by atoms with Gasteiger partial charge in [0.2, 0.25) is 21.9 Å². The number of nitrogens with one attached hydrogen (secondary N) is 1. The molecule has 12 heteroatoms. The molecule has 0 aliphatic carbocycles. The van der Waals surface area contributed by atoms with Gasteiger partial charge in [0.1, 0.15) is 6.04 Å². The molecule has 1 aromatic heterocycles. The van der Waals surface area contributed by atoms with Crippen LogP contribution in [0.3, 0.4) is 0 Å². The quantitative estimate of drug-likeness (QED) is 0.614. The van der Waals surface area contributed by atoms with Crippen LogP contribution in [0.2, 0.25) is 0 Å². The van der Waals surface area contributed by atoms with Crippen molar-refractivity contribution in [3.05, 3.63) is 24.3 Å². The normalized spacial score (nSPS) is 16.5. The highest BCUT2D eigenvalue weighted by Crippen LogP contribution is 2.24. The summed E-state index contributed by atoms with van der Waals surface area (Å²) in [5.74, 6) is 0.625. The molecule has 1 aliphatic rings. The van der Waals surface area contributed by atoms with Crippen molar-refractivity contribution in [2.24, 2.45) is 0 Å². The van der Waals surface area contributed by atoms with Crippen LogP contribution in [0.25, 0.3) is 0 Å². The number of hydrogen-bond acceptors (Lipinski definition) is 8. The Hall–Kier alpha value is -2.15. The Morgan fingerprint density at radius 3 is 2.55 bits per heavy atom. The van der Waals surface area contributed by atoms with E-state index >= 15 is 0 Å². The highest BCUT2D eigenvalue weighted by atomic mass is 32.2. The number of nitrogens with zero attached hydrogens (tertiary/aromatic N) is 4. The summed E-state index contributed by atoms with van der Waals surface area (Å²) in [5, 5.41) is 11.2. The van der Waals surface area contributed by atoms with Crippen LogP contribution in [0.5, 0.6) is 0 Å². The predicted octanol–water partition coefficient (Wildman–Crippen LogP) is 1.19. The van der Waals surface area contributed by atoms with Crippen molar-refractivity contribution >= 4 is 39.3 Å². The number of hydrogen-bond donors (Lipinski definition) is 2. The average molecular weight is 441 g/mol. The van der Waals surface area contributed by atoms with Crippen molar-refractivity contribution in [3.8, 4) is 0 Å². The first-order chi connectivity index (χ1) is 13.8. The molecular weight excluding hydrogens is 416 g/mol. The topological polar surface area (TPSA) is 132 Å². The number of rotatable bonds is 7. The van der Waals surface area contributed by atoms with Crippen molar-refractivity contribution in [2.45, 2.75) is 29.9 Å². The van der Waals surface area contributed by atoms with E-state index in [4.69, 9.17) is 10.5 Å². The van der Waals surface area contributed by atoms with E-state index < -0.39 is 16.1 Å². The summed E-state index contributed by atoms with van der Waals surface area (Å²) in [6.07, 6.45) is 0. The molecule has 3 N–H and O–H groups in total. The van der Waals surface area contributed by atoms with Crippen molar-refractivity contribution in [1.29, 1.82) is 0 Å². The van der Waals surface area contributed by atoms with Crippen LogP contribution in [0, 0.1) is 0 Å². The molecule has 0 radical (unpaired) electrons. The van der Waals surface area contributed by atoms with Gasteiger partial charge in [-0.2, -0.15) is 4.31 Å². The van der Waals surface area contributed by atoms with Gasteiger partial charge in [-0.1, -0.05) is 18.7 Å². The van der Waals surface area contributed by atoms with Gasteiger partial charge in [-0.15, -0.1) is 10.2 Å². The van der Waals surface area contributed by atoms with Gasteiger partial charge in [-0.25, -0.2) is 8.42 Å². The largest absolute Gasteiger partial charge is 0.379 e. The van der Waals surface area contributed by atoms with Crippen molar-refractivity contribution in [3.63, 3.8) is 0 Å². The Morgan fingerprint density at radius 2 is 1.93 bits per heavy atom. The molecule has 10 nitrogen and oxygen atoms in total. The van der Waals surface area contributed by atoms with E-state index in [1.54, 1.807) is 23.6 Å². The molecule has 1 amide bonds. The third kappa shape index (κ3) is 4.71. The van der Waals surface area contributed by atoms with Gasteiger partial charge in [0.25, 0.3) is 0 Å². The van der Waals surface area contributed by atoms with Crippen molar-refractivity contribution < 1.29 is 17.9 Å². The molecule has 1 aromatic carbocycles. The van der Waals surface area contributed by atoms with Gasteiger partial charge in [-0.3, -0.25) is 9.36 Å². The maximum atomic E-state index is 12.7. The number of nitrogens with two attached hydrogens (primary N) is 1. The highest BCUT2D eigenvalue weighted by Gasteiger charge is 2.26. The van der Waals surface area contributed by atoms with Crippen LogP contribution in [0.4, 0.5) is 11.6 Å². The van der Waals surface area contributed by atoms with Crippen LogP contribution in [-0.2, 0) is 19.6 Å². The summed E-state index contributed by atoms with van der Waals surface area (Å²) >= 11 is 1.44. The molecule has 1 saturated heterocycles. The van der Waals surface area contributed by atoms with Gasteiger partial charge in [0, 0.05) is 18.8 Å². The summed E-state index contributed by atoms with van der Waals surface area (Å²) in [6, 6.07) is 5.47. The van der Waals surface area contributed by atoms with Crippen molar-refractivity contribution in [1.82, 2.24) is 19.1 Å². The third-order valence-electron chi connectivity index (χ3n) is 4.46. The number of anilines is 2. The number of thioether (sulfide) groups is 1. The molecule has 1 atom stereocenters. The minimum Gasteiger partial charge on any atom is -0.379 e. The van der Waals surface area contributed by atoms with E-state index in [1.807, 2.05) is 6.92 Å². The summed E-state index contributed by atoms with van der Waals surface area (Å²) in [4.78, 5) is 12.8. The van der Waals surface area contributed by atoms with E-state index in [-0.39, 0.29) is 16.8 Å². The van der Waals surface area contributed by atoms with Gasteiger partial charge >= 0.3 is 0 Å². The molecule has 3 rings (SSSR count). The molecular formula is C17H24N6O4S2. The van der Waals surface area contributed by atoms with E-state index in [2.05, 4.69) is 15.5 Å². The standard InChI is InChI=1S/C17H24N6O4S2/c1-3-28-17-21-20-16(18)23(17)12(2)15(24)19-13-4-6-14(7-5-13)29(25,26)22-8-10-27-11-9-22/h4-7,12H,3,8-11H2,1-2H3,(H2,18,20)(H,19,24). The Bertz CT molecular complexity index is 955. The molecule has 0 spiro atoms. The maximum absolute atomic E-state index is 12.7. The Balaban J connectivity index is 1.71. The Labute approximate surface area is 173 Å². The first-order valence-corrected chi connectivity index (χ1v) is 11.6. The number of morpholine rings is 1. The highest BCUT2D eigenvalue weighted by molar-refractivity contribution is 7.99. The zero-order chi connectivity index (χ0) is 21.0. The number of sulfonamides is 1. The smallest absolute Gasteiger partial charge is 0.247 e. The van der Waals surface area contributed by atoms with E-state index in [0.717, 1.165) is 5.75 Å². The Kier molecular flexibility index (Phi) is 6.77. The van der Waals surface area contributed by atoms with Crippen LogP contribution in [-0.4, -0.2) is 65.5 Å². The van der Waals surface area contributed by atoms with E-state index in [9.17, 15) is 13.2 Å². The predicted molar refractivity (Wildman–Crippen MR) is 110 cm³/mol. The minimum absolute atomic E-state index is 0.163. The summed E-state index contributed by atoms with van der Waals surface area (Å²) in [7, 11) is -3.58. The zero-order valence-corrected chi connectivity index (χ0v) is 17.9. The summed E-state index contributed by atoms with van der Waals surface area (Å²) < 4.78 is 33.5. The lowest BCUT2D eigenvalue weighted by molar-refractivity contribution is -0.118. The molecule has 1 unspecified atom stereocenters. The maximum Gasteiger partial charge on any atom is 0.247 e. The van der Waals surface area contributed by atoms with Gasteiger partial charge < -0.3 is 15.8 Å². The monoisotopic (exact) mass is 440 g/mol.